The molecule has 0 amide bonds. The van der Waals surface area contributed by atoms with E-state index in [4.69, 9.17) is 5.73 Å². The Morgan fingerprint density at radius 3 is 2.67 bits per heavy atom. The maximum atomic E-state index is 12.3. The summed E-state index contributed by atoms with van der Waals surface area (Å²) in [7, 11) is -3.29. The van der Waals surface area contributed by atoms with Crippen molar-refractivity contribution in [2.45, 2.75) is 30.5 Å². The van der Waals surface area contributed by atoms with Gasteiger partial charge in [-0.05, 0) is 28.5 Å². The molecule has 0 unspecified atom stereocenters. The van der Waals surface area contributed by atoms with Crippen molar-refractivity contribution in [1.29, 1.82) is 0 Å². The van der Waals surface area contributed by atoms with Crippen LogP contribution in [-0.2, 0) is 16.4 Å². The first-order chi connectivity index (χ1) is 8.46. The van der Waals surface area contributed by atoms with Crippen LogP contribution in [0.3, 0.4) is 0 Å². The van der Waals surface area contributed by atoms with E-state index in [0.717, 1.165) is 11.1 Å². The minimum Gasteiger partial charge on any atom is -0.326 e. The summed E-state index contributed by atoms with van der Waals surface area (Å²) in [5.74, 6) is 0.526. The molecule has 1 heterocycles. The van der Waals surface area contributed by atoms with Crippen molar-refractivity contribution in [2.75, 3.05) is 5.75 Å². The van der Waals surface area contributed by atoms with Crippen molar-refractivity contribution in [3.63, 3.8) is 0 Å². The van der Waals surface area contributed by atoms with Crippen LogP contribution in [0.2, 0.25) is 0 Å². The van der Waals surface area contributed by atoms with Crippen molar-refractivity contribution < 1.29 is 8.42 Å². The van der Waals surface area contributed by atoms with Crippen LogP contribution in [0.4, 0.5) is 0 Å². The van der Waals surface area contributed by atoms with Crippen molar-refractivity contribution in [3.8, 4) is 0 Å². The van der Waals surface area contributed by atoms with Crippen molar-refractivity contribution >= 4 is 27.7 Å². The zero-order chi connectivity index (χ0) is 13.3. The van der Waals surface area contributed by atoms with E-state index in [-0.39, 0.29) is 0 Å². The van der Waals surface area contributed by atoms with Gasteiger partial charge in [0.25, 0.3) is 0 Å². The van der Waals surface area contributed by atoms with Crippen LogP contribution in [0.5, 0.6) is 0 Å². The highest BCUT2D eigenvalue weighted by atomic mass is 32.2. The molecule has 0 bridgehead atoms. The lowest BCUT2D eigenvalue weighted by Crippen LogP contribution is -2.05. The minimum atomic E-state index is -3.29. The van der Waals surface area contributed by atoms with Gasteiger partial charge in [-0.15, -0.1) is 0 Å². The van der Waals surface area contributed by atoms with Gasteiger partial charge in [-0.3, -0.25) is 0 Å². The van der Waals surface area contributed by atoms with Gasteiger partial charge in [0, 0.05) is 12.3 Å². The third kappa shape index (κ3) is 2.35. The van der Waals surface area contributed by atoms with E-state index >= 15 is 0 Å². The fraction of sp³-hybridized carbons (Fsp3) is 0.385. The van der Waals surface area contributed by atoms with Crippen LogP contribution in [0, 0.1) is 0 Å². The van der Waals surface area contributed by atoms with E-state index in [1.165, 1.54) is 0 Å². The lowest BCUT2D eigenvalue weighted by Gasteiger charge is -2.06. The van der Waals surface area contributed by atoms with Gasteiger partial charge in [-0.2, -0.15) is 11.8 Å². The molecule has 0 aliphatic carbocycles. The van der Waals surface area contributed by atoms with E-state index in [0.29, 0.717) is 27.3 Å². The Morgan fingerprint density at radius 2 is 2.06 bits per heavy atom. The highest BCUT2D eigenvalue weighted by Crippen LogP contribution is 2.36. The molecule has 98 valence electrons. The average molecular weight is 283 g/mol. The monoisotopic (exact) mass is 283 g/mol. The molecule has 0 atom stereocenters. The zero-order valence-electron chi connectivity index (χ0n) is 10.5. The highest BCUT2D eigenvalue weighted by molar-refractivity contribution is 8.02. The first-order valence-electron chi connectivity index (χ1n) is 5.86. The van der Waals surface area contributed by atoms with Gasteiger partial charge < -0.3 is 5.73 Å². The number of sulfone groups is 1. The Balaban J connectivity index is 2.42. The predicted octanol–water partition coefficient (Wildman–Crippen LogP) is 2.42. The topological polar surface area (TPSA) is 60.2 Å². The lowest BCUT2D eigenvalue weighted by atomic mass is 10.1. The van der Waals surface area contributed by atoms with Crippen LogP contribution in [0.15, 0.2) is 28.0 Å². The summed E-state index contributed by atoms with van der Waals surface area (Å²) in [4.78, 5) is 0.905. The van der Waals surface area contributed by atoms with Gasteiger partial charge in [-0.1, -0.05) is 26.0 Å². The smallest absolute Gasteiger partial charge is 0.204 e. The maximum absolute atomic E-state index is 12.3. The van der Waals surface area contributed by atoms with Crippen LogP contribution < -0.4 is 5.73 Å². The number of thioether (sulfide) groups is 1. The fourth-order valence-corrected chi connectivity index (χ4v) is 4.61. The minimum absolute atomic E-state index is 0.361. The summed E-state index contributed by atoms with van der Waals surface area (Å²) < 4.78 is 24.7. The van der Waals surface area contributed by atoms with Gasteiger partial charge in [0.2, 0.25) is 9.84 Å². The van der Waals surface area contributed by atoms with Gasteiger partial charge in [0.05, 0.1) is 9.80 Å². The molecule has 0 saturated carbocycles. The Kier molecular flexibility index (Phi) is 3.84. The molecule has 0 radical (unpaired) electrons. The van der Waals surface area contributed by atoms with Crippen molar-refractivity contribution in [3.05, 3.63) is 34.2 Å². The Labute approximate surface area is 112 Å². The molecular weight excluding hydrogens is 266 g/mol. The quantitative estimate of drug-likeness (QED) is 0.922. The molecule has 5 heteroatoms. The molecule has 1 aliphatic rings. The molecule has 2 rings (SSSR count). The normalized spacial score (nSPS) is 16.8. The van der Waals surface area contributed by atoms with Crippen LogP contribution in [0.25, 0.3) is 6.08 Å². The number of fused-ring (bicyclic) bond motifs is 1. The Bertz CT molecular complexity index is 589. The average Bonchev–Trinajstić information content (AvgIpc) is 2.58. The molecule has 1 aliphatic heterocycles. The van der Waals surface area contributed by atoms with Gasteiger partial charge in [0.1, 0.15) is 0 Å². The molecule has 0 spiro atoms. The number of benzene rings is 1. The van der Waals surface area contributed by atoms with E-state index in [9.17, 15) is 8.42 Å². The van der Waals surface area contributed by atoms with Crippen LogP contribution >= 0.6 is 11.8 Å². The number of rotatable bonds is 4. The molecule has 1 aromatic carbocycles. The summed E-state index contributed by atoms with van der Waals surface area (Å²) in [6.07, 6.45) is 1.78. The maximum Gasteiger partial charge on any atom is 0.204 e. The molecule has 3 nitrogen and oxygen atoms in total. The largest absolute Gasteiger partial charge is 0.326 e. The van der Waals surface area contributed by atoms with Crippen LogP contribution in [0.1, 0.15) is 25.0 Å². The van der Waals surface area contributed by atoms with Crippen molar-refractivity contribution in [1.82, 2.24) is 0 Å². The molecule has 0 aromatic heterocycles. The van der Waals surface area contributed by atoms with Gasteiger partial charge in [0.15, 0.2) is 0 Å². The second-order valence-corrected chi connectivity index (χ2v) is 8.04. The van der Waals surface area contributed by atoms with Gasteiger partial charge in [-0.25, -0.2) is 8.42 Å². The number of nitrogens with two attached hydrogens (primary N) is 1. The second-order valence-electron chi connectivity index (χ2n) is 4.51. The predicted molar refractivity (Wildman–Crippen MR) is 77.1 cm³/mol. The Hall–Kier alpha value is -0.780. The summed E-state index contributed by atoms with van der Waals surface area (Å²) in [6, 6.07) is 5.29. The molecule has 0 saturated heterocycles. The summed E-state index contributed by atoms with van der Waals surface area (Å²) in [5.41, 5.74) is 7.32. The molecule has 1 aromatic rings. The third-order valence-corrected chi connectivity index (χ3v) is 6.09. The highest BCUT2D eigenvalue weighted by Gasteiger charge is 2.30. The standard InChI is InChI=1S/C13H17NO2S2/c1-9(2)17-8-11-6-12-10(7-14)4-3-5-13(12)18(11,15)16/h3-6,9H,7-8,14H2,1-2H3. The van der Waals surface area contributed by atoms with Crippen LogP contribution in [-0.4, -0.2) is 19.4 Å². The molecular formula is C13H17NO2S2. The first kappa shape index (κ1) is 13.6. The van der Waals surface area contributed by atoms with E-state index in [1.54, 1.807) is 30.0 Å². The van der Waals surface area contributed by atoms with E-state index < -0.39 is 9.84 Å². The van der Waals surface area contributed by atoms with E-state index in [1.807, 2.05) is 6.07 Å². The summed E-state index contributed by atoms with van der Waals surface area (Å²) in [6.45, 7) is 4.48. The molecule has 0 fully saturated rings. The summed E-state index contributed by atoms with van der Waals surface area (Å²) >= 11 is 1.64. The summed E-state index contributed by atoms with van der Waals surface area (Å²) in [5, 5.41) is 0.416. The molecule has 2 N–H and O–H groups in total. The SMILES string of the molecule is CC(C)SCC1=Cc2c(CN)cccc2S1(=O)=O. The number of hydrogen-bond donors (Lipinski definition) is 1. The zero-order valence-corrected chi connectivity index (χ0v) is 12.1. The number of hydrogen-bond acceptors (Lipinski definition) is 4. The fourth-order valence-electron chi connectivity index (χ4n) is 1.91. The second kappa shape index (κ2) is 5.07. The molecule has 18 heavy (non-hydrogen) atoms. The third-order valence-electron chi connectivity index (χ3n) is 2.88. The van der Waals surface area contributed by atoms with Gasteiger partial charge >= 0.3 is 0 Å². The Morgan fingerprint density at radius 1 is 1.33 bits per heavy atom. The van der Waals surface area contributed by atoms with Crippen molar-refractivity contribution in [2.24, 2.45) is 5.73 Å². The lowest BCUT2D eigenvalue weighted by molar-refractivity contribution is 0.603. The first-order valence-corrected chi connectivity index (χ1v) is 8.39. The van der Waals surface area contributed by atoms with E-state index in [2.05, 4.69) is 13.8 Å².